The first kappa shape index (κ1) is 11.2. The minimum Gasteiger partial charge on any atom is -0.388 e. The molecule has 0 aliphatic heterocycles. The Kier molecular flexibility index (Phi) is 3.67. The van der Waals surface area contributed by atoms with Gasteiger partial charge < -0.3 is 5.11 Å². The van der Waals surface area contributed by atoms with Gasteiger partial charge in [-0.3, -0.25) is 4.79 Å². The van der Waals surface area contributed by atoms with E-state index in [0.29, 0.717) is 10.6 Å². The molecular formula is C11H13ClO2. The van der Waals surface area contributed by atoms with Gasteiger partial charge >= 0.3 is 0 Å². The normalized spacial score (nSPS) is 12.6. The first-order valence-corrected chi connectivity index (χ1v) is 4.82. The predicted molar refractivity (Wildman–Crippen MR) is 56.4 cm³/mol. The van der Waals surface area contributed by atoms with E-state index in [0.717, 1.165) is 5.56 Å². The molecule has 0 saturated carbocycles. The summed E-state index contributed by atoms with van der Waals surface area (Å²) in [5.74, 6) is -0.0446. The van der Waals surface area contributed by atoms with Crippen LogP contribution in [0.3, 0.4) is 0 Å². The number of Topliss-reactive ketones (excluding diaryl/α,β-unsaturated/α-hetero) is 1. The summed E-state index contributed by atoms with van der Waals surface area (Å²) in [6.07, 6.45) is -0.675. The molecule has 1 aromatic rings. The number of hydrogen-bond donors (Lipinski definition) is 1. The molecule has 2 nitrogen and oxygen atoms in total. The highest BCUT2D eigenvalue weighted by molar-refractivity contribution is 6.31. The summed E-state index contributed by atoms with van der Waals surface area (Å²) in [6, 6.07) is 5.40. The van der Waals surface area contributed by atoms with Crippen molar-refractivity contribution in [1.29, 1.82) is 0 Å². The van der Waals surface area contributed by atoms with Gasteiger partial charge in [0.25, 0.3) is 0 Å². The Morgan fingerprint density at radius 1 is 1.57 bits per heavy atom. The number of halogens is 1. The van der Waals surface area contributed by atoms with Gasteiger partial charge in [0.15, 0.2) is 0 Å². The molecule has 0 amide bonds. The minimum absolute atomic E-state index is 0.0446. The third-order valence-electron chi connectivity index (χ3n) is 2.08. The molecule has 0 radical (unpaired) electrons. The number of carbonyl (C=O) groups is 1. The van der Waals surface area contributed by atoms with Gasteiger partial charge in [-0.05, 0) is 25.5 Å². The maximum atomic E-state index is 10.8. The van der Waals surface area contributed by atoms with E-state index in [-0.39, 0.29) is 12.2 Å². The summed E-state index contributed by atoms with van der Waals surface area (Å²) in [4.78, 5) is 10.8. The highest BCUT2D eigenvalue weighted by Gasteiger charge is 2.15. The van der Waals surface area contributed by atoms with E-state index < -0.39 is 6.10 Å². The largest absolute Gasteiger partial charge is 0.388 e. The molecule has 0 bridgehead atoms. The molecule has 0 spiro atoms. The number of rotatable bonds is 3. The van der Waals surface area contributed by atoms with E-state index in [1.165, 1.54) is 6.92 Å². The molecule has 0 aliphatic rings. The highest BCUT2D eigenvalue weighted by Crippen LogP contribution is 2.28. The van der Waals surface area contributed by atoms with Gasteiger partial charge in [0.1, 0.15) is 5.78 Å². The molecule has 1 aromatic carbocycles. The molecule has 1 N–H and O–H groups in total. The van der Waals surface area contributed by atoms with Crippen molar-refractivity contribution < 1.29 is 9.90 Å². The number of aliphatic hydroxyl groups is 1. The van der Waals surface area contributed by atoms with Gasteiger partial charge in [0.05, 0.1) is 6.10 Å². The van der Waals surface area contributed by atoms with Crippen LogP contribution in [0.1, 0.15) is 30.6 Å². The average molecular weight is 213 g/mol. The van der Waals surface area contributed by atoms with Crippen LogP contribution in [-0.4, -0.2) is 10.9 Å². The zero-order valence-corrected chi connectivity index (χ0v) is 9.01. The molecule has 0 aliphatic carbocycles. The van der Waals surface area contributed by atoms with Crippen LogP contribution >= 0.6 is 11.6 Å². The van der Waals surface area contributed by atoms with Gasteiger partial charge in [0, 0.05) is 17.0 Å². The Morgan fingerprint density at radius 3 is 2.71 bits per heavy atom. The fraction of sp³-hybridized carbons (Fsp3) is 0.364. The van der Waals surface area contributed by atoms with E-state index in [1.807, 2.05) is 19.1 Å². The third-order valence-corrected chi connectivity index (χ3v) is 2.41. The third kappa shape index (κ3) is 2.56. The van der Waals surface area contributed by atoms with Crippen molar-refractivity contribution >= 4 is 17.4 Å². The summed E-state index contributed by atoms with van der Waals surface area (Å²) in [6.45, 7) is 3.32. The van der Waals surface area contributed by atoms with Crippen LogP contribution in [0.2, 0.25) is 5.02 Å². The van der Waals surface area contributed by atoms with Crippen molar-refractivity contribution in [2.24, 2.45) is 0 Å². The van der Waals surface area contributed by atoms with Gasteiger partial charge in [-0.2, -0.15) is 0 Å². The van der Waals surface area contributed by atoms with Crippen molar-refractivity contribution in [3.63, 3.8) is 0 Å². The van der Waals surface area contributed by atoms with Crippen molar-refractivity contribution in [1.82, 2.24) is 0 Å². The van der Waals surface area contributed by atoms with Crippen LogP contribution in [0.15, 0.2) is 18.2 Å². The number of aliphatic hydroxyl groups excluding tert-OH is 1. The lowest BCUT2D eigenvalue weighted by Gasteiger charge is -2.13. The number of carbonyl (C=O) groups excluding carboxylic acids is 1. The van der Waals surface area contributed by atoms with E-state index >= 15 is 0 Å². The molecular weight excluding hydrogens is 200 g/mol. The lowest BCUT2D eigenvalue weighted by molar-refractivity contribution is -0.118. The van der Waals surface area contributed by atoms with Crippen molar-refractivity contribution in [3.8, 4) is 0 Å². The van der Waals surface area contributed by atoms with Crippen molar-refractivity contribution in [2.75, 3.05) is 0 Å². The van der Waals surface area contributed by atoms with Crippen LogP contribution < -0.4 is 0 Å². The number of benzene rings is 1. The van der Waals surface area contributed by atoms with Gasteiger partial charge in [-0.1, -0.05) is 23.7 Å². The van der Waals surface area contributed by atoms with Gasteiger partial charge in [0.2, 0.25) is 0 Å². The highest BCUT2D eigenvalue weighted by atomic mass is 35.5. The molecule has 1 rings (SSSR count). The van der Waals surface area contributed by atoms with Crippen LogP contribution in [-0.2, 0) is 4.79 Å². The summed E-state index contributed by atoms with van der Waals surface area (Å²) in [5, 5.41) is 10.3. The van der Waals surface area contributed by atoms with Crippen LogP contribution in [0.25, 0.3) is 0 Å². The maximum absolute atomic E-state index is 10.8. The van der Waals surface area contributed by atoms with Gasteiger partial charge in [-0.25, -0.2) is 0 Å². The van der Waals surface area contributed by atoms with Crippen LogP contribution in [0, 0.1) is 6.92 Å². The minimum atomic E-state index is -0.791. The molecule has 14 heavy (non-hydrogen) atoms. The summed E-state index contributed by atoms with van der Waals surface area (Å²) >= 11 is 5.94. The summed E-state index contributed by atoms with van der Waals surface area (Å²) < 4.78 is 0. The smallest absolute Gasteiger partial charge is 0.132 e. The molecule has 0 saturated heterocycles. The topological polar surface area (TPSA) is 37.3 Å². The molecule has 1 atom stereocenters. The predicted octanol–water partition coefficient (Wildman–Crippen LogP) is 2.66. The molecule has 0 heterocycles. The summed E-state index contributed by atoms with van der Waals surface area (Å²) in [7, 11) is 0. The molecule has 0 aromatic heterocycles. The van der Waals surface area contributed by atoms with Crippen molar-refractivity contribution in [3.05, 3.63) is 34.3 Å². The monoisotopic (exact) mass is 212 g/mol. The first-order chi connectivity index (χ1) is 6.52. The van der Waals surface area contributed by atoms with Gasteiger partial charge in [-0.15, -0.1) is 0 Å². The van der Waals surface area contributed by atoms with Crippen LogP contribution in [0.4, 0.5) is 0 Å². The first-order valence-electron chi connectivity index (χ1n) is 4.45. The van der Waals surface area contributed by atoms with E-state index in [2.05, 4.69) is 0 Å². The fourth-order valence-corrected chi connectivity index (χ4v) is 1.79. The number of ketones is 1. The second-order valence-electron chi connectivity index (χ2n) is 3.39. The second-order valence-corrected chi connectivity index (χ2v) is 3.80. The van der Waals surface area contributed by atoms with Crippen LogP contribution in [0.5, 0.6) is 0 Å². The van der Waals surface area contributed by atoms with E-state index in [9.17, 15) is 9.90 Å². The van der Waals surface area contributed by atoms with E-state index in [4.69, 9.17) is 11.6 Å². The molecule has 1 unspecified atom stereocenters. The second kappa shape index (κ2) is 4.58. The van der Waals surface area contributed by atoms with E-state index in [1.54, 1.807) is 6.07 Å². The molecule has 3 heteroatoms. The Labute approximate surface area is 88.5 Å². The molecule has 0 fully saturated rings. The quantitative estimate of drug-likeness (QED) is 0.837. The number of hydrogen-bond acceptors (Lipinski definition) is 2. The van der Waals surface area contributed by atoms with Crippen molar-refractivity contribution in [2.45, 2.75) is 26.4 Å². The summed E-state index contributed by atoms with van der Waals surface area (Å²) in [5.41, 5.74) is 1.57. The zero-order chi connectivity index (χ0) is 10.7. The lowest BCUT2D eigenvalue weighted by Crippen LogP contribution is -2.05. The Balaban J connectivity index is 2.99. The Hall–Kier alpha value is -0.860. The Morgan fingerprint density at radius 2 is 2.21 bits per heavy atom. The number of aryl methyl sites for hydroxylation is 1. The lowest BCUT2D eigenvalue weighted by atomic mass is 10.00. The molecule has 76 valence electrons. The zero-order valence-electron chi connectivity index (χ0n) is 8.25. The SMILES string of the molecule is CC(=O)CC(O)c1c(C)cccc1Cl. The standard InChI is InChI=1S/C11H13ClO2/c1-7-4-3-5-9(12)11(7)10(14)6-8(2)13/h3-5,10,14H,6H2,1-2H3. The maximum Gasteiger partial charge on any atom is 0.132 e. The Bertz CT molecular complexity index is 327. The fourth-order valence-electron chi connectivity index (χ4n) is 1.44. The average Bonchev–Trinajstić information content (AvgIpc) is 2.01.